The second-order valence-corrected chi connectivity index (χ2v) is 12.2. The van der Waals surface area contributed by atoms with Crippen LogP contribution in [0.4, 0.5) is 0 Å². The van der Waals surface area contributed by atoms with Crippen molar-refractivity contribution in [3.63, 3.8) is 0 Å². The van der Waals surface area contributed by atoms with Crippen molar-refractivity contribution in [3.05, 3.63) is 11.6 Å². The molecule has 4 aliphatic carbocycles. The van der Waals surface area contributed by atoms with Crippen LogP contribution < -0.4 is 0 Å². The highest BCUT2D eigenvalue weighted by Crippen LogP contribution is 2.67. The standard InChI is InChI=1S/C27H46O/c1-18(2)7-6-8-19(3)23-11-12-24-22-10-9-20-17-21(28)13-15-26(20,4)25(22)14-16-27(23,24)5/h9,18-19,21-25,28H,6-8,10-17H2,1-5H3/t19-,21+,22?,23?,24+,25+,26+,27-/m1/s1. The van der Waals surface area contributed by atoms with E-state index in [0.29, 0.717) is 10.8 Å². The summed E-state index contributed by atoms with van der Waals surface area (Å²) >= 11 is 0. The number of hydrogen-bond acceptors (Lipinski definition) is 1. The fraction of sp³-hybridized carbons (Fsp3) is 0.926. The molecule has 1 heteroatoms. The Kier molecular flexibility index (Phi) is 5.80. The largest absolute Gasteiger partial charge is 0.393 e. The monoisotopic (exact) mass is 386 g/mol. The van der Waals surface area contributed by atoms with Gasteiger partial charge >= 0.3 is 0 Å². The molecule has 3 saturated carbocycles. The highest BCUT2D eigenvalue weighted by atomic mass is 16.3. The topological polar surface area (TPSA) is 20.2 Å². The summed E-state index contributed by atoms with van der Waals surface area (Å²) in [4.78, 5) is 0. The lowest BCUT2D eigenvalue weighted by Gasteiger charge is -2.58. The smallest absolute Gasteiger partial charge is 0.0577 e. The molecular formula is C27H46O. The predicted octanol–water partition coefficient (Wildman–Crippen LogP) is 7.39. The molecule has 160 valence electrons. The molecule has 0 aliphatic heterocycles. The average Bonchev–Trinajstić information content (AvgIpc) is 2.99. The minimum Gasteiger partial charge on any atom is -0.393 e. The summed E-state index contributed by atoms with van der Waals surface area (Å²) in [5.74, 6) is 5.46. The summed E-state index contributed by atoms with van der Waals surface area (Å²) in [5.41, 5.74) is 2.60. The Morgan fingerprint density at radius 3 is 2.54 bits per heavy atom. The Bertz CT molecular complexity index is 591. The van der Waals surface area contributed by atoms with Gasteiger partial charge in [-0.25, -0.2) is 0 Å². The van der Waals surface area contributed by atoms with Gasteiger partial charge in [-0.15, -0.1) is 0 Å². The van der Waals surface area contributed by atoms with E-state index < -0.39 is 0 Å². The molecule has 1 nitrogen and oxygen atoms in total. The second-order valence-electron chi connectivity index (χ2n) is 12.2. The third-order valence-corrected chi connectivity index (χ3v) is 10.3. The van der Waals surface area contributed by atoms with E-state index in [2.05, 4.69) is 40.7 Å². The lowest BCUT2D eigenvalue weighted by Crippen LogP contribution is -2.50. The molecule has 0 aromatic rings. The molecule has 3 fully saturated rings. The van der Waals surface area contributed by atoms with Gasteiger partial charge in [-0.1, -0.05) is 65.5 Å². The van der Waals surface area contributed by atoms with Crippen molar-refractivity contribution in [3.8, 4) is 0 Å². The van der Waals surface area contributed by atoms with Crippen LogP contribution in [0, 0.1) is 46.3 Å². The van der Waals surface area contributed by atoms with Gasteiger partial charge in [0, 0.05) is 0 Å². The van der Waals surface area contributed by atoms with Gasteiger partial charge in [-0.3, -0.25) is 0 Å². The number of rotatable bonds is 5. The summed E-state index contributed by atoms with van der Waals surface area (Å²) in [6.45, 7) is 12.6. The molecule has 2 unspecified atom stereocenters. The second kappa shape index (κ2) is 7.75. The molecule has 0 saturated heterocycles. The Balaban J connectivity index is 1.49. The number of hydrogen-bond donors (Lipinski definition) is 1. The number of aliphatic hydroxyl groups is 1. The van der Waals surface area contributed by atoms with Crippen LogP contribution in [0.2, 0.25) is 0 Å². The molecule has 8 atom stereocenters. The first-order valence-corrected chi connectivity index (χ1v) is 12.6. The van der Waals surface area contributed by atoms with Crippen molar-refractivity contribution in [2.75, 3.05) is 0 Å². The molecule has 0 aromatic heterocycles. The maximum atomic E-state index is 10.2. The quantitative estimate of drug-likeness (QED) is 0.488. The van der Waals surface area contributed by atoms with E-state index in [1.165, 1.54) is 57.8 Å². The van der Waals surface area contributed by atoms with E-state index in [9.17, 15) is 5.11 Å². The normalized spacial score (nSPS) is 46.5. The molecule has 1 N–H and O–H groups in total. The van der Waals surface area contributed by atoms with Crippen LogP contribution in [0.5, 0.6) is 0 Å². The summed E-state index contributed by atoms with van der Waals surface area (Å²) in [6.07, 6.45) is 17.2. The summed E-state index contributed by atoms with van der Waals surface area (Å²) in [7, 11) is 0. The van der Waals surface area contributed by atoms with Crippen molar-refractivity contribution >= 4 is 0 Å². The van der Waals surface area contributed by atoms with Crippen molar-refractivity contribution < 1.29 is 5.11 Å². The van der Waals surface area contributed by atoms with Crippen LogP contribution in [0.15, 0.2) is 11.6 Å². The molecule has 28 heavy (non-hydrogen) atoms. The van der Waals surface area contributed by atoms with Crippen LogP contribution in [0.3, 0.4) is 0 Å². The van der Waals surface area contributed by atoms with Gasteiger partial charge < -0.3 is 5.11 Å². The van der Waals surface area contributed by atoms with Gasteiger partial charge in [0.1, 0.15) is 0 Å². The van der Waals surface area contributed by atoms with E-state index >= 15 is 0 Å². The highest BCUT2D eigenvalue weighted by Gasteiger charge is 2.59. The van der Waals surface area contributed by atoms with E-state index in [4.69, 9.17) is 0 Å². The van der Waals surface area contributed by atoms with Crippen molar-refractivity contribution in [1.82, 2.24) is 0 Å². The molecule has 0 amide bonds. The Hall–Kier alpha value is -0.300. The first kappa shape index (κ1) is 21.0. The molecule has 0 spiro atoms. The lowest BCUT2D eigenvalue weighted by molar-refractivity contribution is -0.0573. The van der Waals surface area contributed by atoms with Crippen molar-refractivity contribution in [2.24, 2.45) is 46.3 Å². The molecule has 4 aliphatic rings. The summed E-state index contributed by atoms with van der Waals surface area (Å²) in [5, 5.41) is 10.2. The molecule has 4 rings (SSSR count). The number of aliphatic hydroxyl groups excluding tert-OH is 1. The molecule has 0 bridgehead atoms. The SMILES string of the molecule is CC(C)CCC[C@@H](C)C1CC[C@H]2C3CC=C4C[C@@H](O)CC[C@]4(C)[C@H]3CC[C@]12C. The van der Waals surface area contributed by atoms with Crippen molar-refractivity contribution in [1.29, 1.82) is 0 Å². The van der Waals surface area contributed by atoms with Gasteiger partial charge in [0.05, 0.1) is 6.10 Å². The summed E-state index contributed by atoms with van der Waals surface area (Å²) < 4.78 is 0. The van der Waals surface area contributed by atoms with Gasteiger partial charge in [-0.05, 0) is 97.7 Å². The first-order chi connectivity index (χ1) is 13.3. The highest BCUT2D eigenvalue weighted by molar-refractivity contribution is 5.25. The average molecular weight is 387 g/mol. The number of allylic oxidation sites excluding steroid dienone is 1. The van der Waals surface area contributed by atoms with E-state index in [-0.39, 0.29) is 6.10 Å². The lowest BCUT2D eigenvalue weighted by atomic mass is 9.47. The van der Waals surface area contributed by atoms with E-state index in [1.54, 1.807) is 5.57 Å². The van der Waals surface area contributed by atoms with E-state index in [1.807, 2.05) is 0 Å². The van der Waals surface area contributed by atoms with Crippen LogP contribution >= 0.6 is 0 Å². The van der Waals surface area contributed by atoms with Crippen LogP contribution in [0.25, 0.3) is 0 Å². The maximum Gasteiger partial charge on any atom is 0.0577 e. The first-order valence-electron chi connectivity index (χ1n) is 12.6. The van der Waals surface area contributed by atoms with Crippen molar-refractivity contribution in [2.45, 2.75) is 111 Å². The van der Waals surface area contributed by atoms with Crippen LogP contribution in [0.1, 0.15) is 105 Å². The van der Waals surface area contributed by atoms with Crippen LogP contribution in [-0.4, -0.2) is 11.2 Å². The molecular weight excluding hydrogens is 340 g/mol. The fourth-order valence-electron chi connectivity index (χ4n) is 8.67. The zero-order chi connectivity index (χ0) is 20.1. The third kappa shape index (κ3) is 3.42. The molecule has 0 aromatic carbocycles. The Morgan fingerprint density at radius 2 is 1.79 bits per heavy atom. The fourth-order valence-corrected chi connectivity index (χ4v) is 8.67. The third-order valence-electron chi connectivity index (χ3n) is 10.3. The molecule has 0 heterocycles. The maximum absolute atomic E-state index is 10.2. The minimum atomic E-state index is -0.0766. The zero-order valence-corrected chi connectivity index (χ0v) is 19.3. The predicted molar refractivity (Wildman–Crippen MR) is 119 cm³/mol. The van der Waals surface area contributed by atoms with Gasteiger partial charge in [0.15, 0.2) is 0 Å². The Labute approximate surface area is 174 Å². The van der Waals surface area contributed by atoms with Crippen LogP contribution in [-0.2, 0) is 0 Å². The van der Waals surface area contributed by atoms with Gasteiger partial charge in [0.2, 0.25) is 0 Å². The van der Waals surface area contributed by atoms with Gasteiger partial charge in [-0.2, -0.15) is 0 Å². The van der Waals surface area contributed by atoms with Gasteiger partial charge in [0.25, 0.3) is 0 Å². The number of fused-ring (bicyclic) bond motifs is 5. The van der Waals surface area contributed by atoms with E-state index in [0.717, 1.165) is 48.3 Å². The zero-order valence-electron chi connectivity index (χ0n) is 19.3. The molecule has 0 radical (unpaired) electrons. The summed E-state index contributed by atoms with van der Waals surface area (Å²) in [6, 6.07) is 0. The minimum absolute atomic E-state index is 0.0766. The Morgan fingerprint density at radius 1 is 1.00 bits per heavy atom.